The summed E-state index contributed by atoms with van der Waals surface area (Å²) < 4.78 is 14.0. The third kappa shape index (κ3) is 3.93. The van der Waals surface area contributed by atoms with Crippen LogP contribution in [0.5, 0.6) is 0 Å². The number of rotatable bonds is 2. The maximum Gasteiger partial charge on any atom is 0.139 e. The van der Waals surface area contributed by atoms with Crippen molar-refractivity contribution in [2.75, 3.05) is 5.32 Å². The van der Waals surface area contributed by atoms with Crippen molar-refractivity contribution < 1.29 is 4.39 Å². The van der Waals surface area contributed by atoms with Crippen molar-refractivity contribution in [2.24, 2.45) is 0 Å². The Morgan fingerprint density at radius 2 is 1.79 bits per heavy atom. The van der Waals surface area contributed by atoms with Gasteiger partial charge in [-0.25, -0.2) is 4.39 Å². The second-order valence-corrected chi connectivity index (χ2v) is 7.63. The molecule has 0 aliphatic carbocycles. The van der Waals surface area contributed by atoms with E-state index in [0.717, 1.165) is 18.5 Å². The first-order valence-electron chi connectivity index (χ1n) is 6.68. The molecule has 0 atom stereocenters. The fraction of sp³-hybridized carbons (Fsp3) is 0.600. The molecule has 2 N–H and O–H groups in total. The quantitative estimate of drug-likeness (QED) is 0.845. The largest absolute Gasteiger partial charge is 0.382 e. The topological polar surface area (TPSA) is 24.1 Å². The van der Waals surface area contributed by atoms with Gasteiger partial charge in [0.05, 0.1) is 4.47 Å². The Hall–Kier alpha value is -0.610. The molecule has 2 nitrogen and oxygen atoms in total. The Morgan fingerprint density at radius 1 is 1.21 bits per heavy atom. The van der Waals surface area contributed by atoms with E-state index < -0.39 is 0 Å². The molecule has 0 amide bonds. The average molecular weight is 329 g/mol. The summed E-state index contributed by atoms with van der Waals surface area (Å²) in [6, 6.07) is 5.56. The minimum atomic E-state index is -0.225. The van der Waals surface area contributed by atoms with E-state index in [1.807, 2.05) is 6.07 Å². The third-order valence-electron chi connectivity index (χ3n) is 3.48. The molecular weight excluding hydrogens is 307 g/mol. The molecule has 106 valence electrons. The Bertz CT molecular complexity index is 455. The van der Waals surface area contributed by atoms with Crippen LogP contribution >= 0.6 is 15.9 Å². The van der Waals surface area contributed by atoms with Crippen LogP contribution in [0.1, 0.15) is 40.5 Å². The molecule has 1 heterocycles. The first-order chi connectivity index (χ1) is 8.67. The number of anilines is 1. The highest BCUT2D eigenvalue weighted by atomic mass is 79.9. The Morgan fingerprint density at radius 3 is 2.32 bits per heavy atom. The monoisotopic (exact) mass is 328 g/mol. The normalized spacial score (nSPS) is 22.2. The van der Waals surface area contributed by atoms with Crippen molar-refractivity contribution in [3.8, 4) is 0 Å². The molecule has 0 spiro atoms. The van der Waals surface area contributed by atoms with Crippen LogP contribution in [0.2, 0.25) is 0 Å². The zero-order valence-electron chi connectivity index (χ0n) is 12.0. The lowest BCUT2D eigenvalue weighted by atomic mass is 9.79. The maximum absolute atomic E-state index is 13.5. The molecule has 0 radical (unpaired) electrons. The van der Waals surface area contributed by atoms with Gasteiger partial charge >= 0.3 is 0 Å². The van der Waals surface area contributed by atoms with Gasteiger partial charge in [0.2, 0.25) is 0 Å². The molecule has 1 aromatic carbocycles. The summed E-state index contributed by atoms with van der Waals surface area (Å²) in [4.78, 5) is 0. The summed E-state index contributed by atoms with van der Waals surface area (Å²) in [5, 5.41) is 7.11. The van der Waals surface area contributed by atoms with Crippen molar-refractivity contribution in [2.45, 2.75) is 57.7 Å². The first-order valence-corrected chi connectivity index (χ1v) is 7.47. The molecule has 1 aliphatic rings. The van der Waals surface area contributed by atoms with Gasteiger partial charge in [-0.1, -0.05) is 0 Å². The molecule has 1 fully saturated rings. The summed E-state index contributed by atoms with van der Waals surface area (Å²) in [6.45, 7) is 8.85. The van der Waals surface area contributed by atoms with E-state index in [2.05, 4.69) is 54.3 Å². The Kier molecular flexibility index (Phi) is 3.94. The van der Waals surface area contributed by atoms with Crippen molar-refractivity contribution in [1.29, 1.82) is 0 Å². The van der Waals surface area contributed by atoms with Gasteiger partial charge in [0, 0.05) is 22.8 Å². The van der Waals surface area contributed by atoms with Gasteiger partial charge in [0.25, 0.3) is 0 Å². The molecule has 2 rings (SSSR count). The minimum Gasteiger partial charge on any atom is -0.382 e. The van der Waals surface area contributed by atoms with Crippen LogP contribution in [-0.2, 0) is 0 Å². The highest BCUT2D eigenvalue weighted by Gasteiger charge is 2.37. The molecular formula is C15H22BrFN2. The Labute approximate surface area is 123 Å². The molecule has 19 heavy (non-hydrogen) atoms. The lowest BCUT2D eigenvalue weighted by Crippen LogP contribution is -2.60. The van der Waals surface area contributed by atoms with Crippen molar-refractivity contribution in [3.05, 3.63) is 28.5 Å². The summed E-state index contributed by atoms with van der Waals surface area (Å²) in [5.41, 5.74) is 1.03. The molecule has 1 aromatic rings. The number of benzene rings is 1. The second kappa shape index (κ2) is 5.06. The van der Waals surface area contributed by atoms with Crippen LogP contribution in [-0.4, -0.2) is 17.1 Å². The third-order valence-corrected chi connectivity index (χ3v) is 4.12. The number of hydrogen-bond acceptors (Lipinski definition) is 2. The number of piperidine rings is 1. The van der Waals surface area contributed by atoms with Gasteiger partial charge < -0.3 is 10.6 Å². The summed E-state index contributed by atoms with van der Waals surface area (Å²) in [6.07, 6.45) is 2.04. The zero-order valence-corrected chi connectivity index (χ0v) is 13.6. The van der Waals surface area contributed by atoms with E-state index in [4.69, 9.17) is 0 Å². The van der Waals surface area contributed by atoms with E-state index >= 15 is 0 Å². The molecule has 4 heteroatoms. The zero-order chi connectivity index (χ0) is 14.3. The summed E-state index contributed by atoms with van der Waals surface area (Å²) in [7, 11) is 0. The fourth-order valence-corrected chi connectivity index (χ4v) is 3.49. The standard InChI is InChI=1S/C15H22BrFN2/c1-14(2)8-11(9-15(3,4)19-14)18-10-5-6-12(16)13(17)7-10/h5-7,11,18-19H,8-9H2,1-4H3. The first kappa shape index (κ1) is 14.8. The smallest absolute Gasteiger partial charge is 0.139 e. The van der Waals surface area contributed by atoms with Crippen molar-refractivity contribution >= 4 is 21.6 Å². The van der Waals surface area contributed by atoms with Crippen LogP contribution < -0.4 is 10.6 Å². The van der Waals surface area contributed by atoms with E-state index in [-0.39, 0.29) is 16.9 Å². The highest BCUT2D eigenvalue weighted by Crippen LogP contribution is 2.31. The lowest BCUT2D eigenvalue weighted by Gasteiger charge is -2.47. The summed E-state index contributed by atoms with van der Waals surface area (Å²) in [5.74, 6) is -0.225. The van der Waals surface area contributed by atoms with E-state index in [9.17, 15) is 4.39 Å². The maximum atomic E-state index is 13.5. The predicted molar refractivity (Wildman–Crippen MR) is 82.0 cm³/mol. The van der Waals surface area contributed by atoms with Crippen LogP contribution in [0.4, 0.5) is 10.1 Å². The molecule has 1 aliphatic heterocycles. The SMILES string of the molecule is CC1(C)CC(Nc2ccc(Br)c(F)c2)CC(C)(C)N1. The predicted octanol–water partition coefficient (Wildman–Crippen LogP) is 4.31. The van der Waals surface area contributed by atoms with Gasteiger partial charge in [-0.05, 0) is 74.7 Å². The average Bonchev–Trinajstić information content (AvgIpc) is 2.18. The van der Waals surface area contributed by atoms with Gasteiger partial charge in [-0.15, -0.1) is 0 Å². The van der Waals surface area contributed by atoms with Gasteiger partial charge in [0.15, 0.2) is 0 Å². The van der Waals surface area contributed by atoms with Crippen LogP contribution in [0.25, 0.3) is 0 Å². The van der Waals surface area contributed by atoms with Gasteiger partial charge in [0.1, 0.15) is 5.82 Å². The number of nitrogens with one attached hydrogen (secondary N) is 2. The lowest BCUT2D eigenvalue weighted by molar-refractivity contribution is 0.170. The summed E-state index contributed by atoms with van der Waals surface area (Å²) >= 11 is 3.18. The van der Waals surface area contributed by atoms with E-state index in [1.165, 1.54) is 0 Å². The molecule has 0 saturated carbocycles. The minimum absolute atomic E-state index is 0.0906. The van der Waals surface area contributed by atoms with Crippen LogP contribution in [0.15, 0.2) is 22.7 Å². The molecule has 0 bridgehead atoms. The Balaban J connectivity index is 2.11. The highest BCUT2D eigenvalue weighted by molar-refractivity contribution is 9.10. The van der Waals surface area contributed by atoms with Gasteiger partial charge in [-0.3, -0.25) is 0 Å². The van der Waals surface area contributed by atoms with E-state index in [0.29, 0.717) is 10.5 Å². The fourth-order valence-electron chi connectivity index (χ4n) is 3.25. The van der Waals surface area contributed by atoms with Gasteiger partial charge in [-0.2, -0.15) is 0 Å². The number of hydrogen-bond donors (Lipinski definition) is 2. The van der Waals surface area contributed by atoms with Crippen molar-refractivity contribution in [3.63, 3.8) is 0 Å². The molecule has 1 saturated heterocycles. The van der Waals surface area contributed by atoms with Crippen LogP contribution in [0, 0.1) is 5.82 Å². The second-order valence-electron chi connectivity index (χ2n) is 6.77. The van der Waals surface area contributed by atoms with Crippen molar-refractivity contribution in [1.82, 2.24) is 5.32 Å². The molecule has 0 unspecified atom stereocenters. The number of halogens is 2. The van der Waals surface area contributed by atoms with Crippen LogP contribution in [0.3, 0.4) is 0 Å². The van der Waals surface area contributed by atoms with E-state index in [1.54, 1.807) is 12.1 Å². The molecule has 0 aromatic heterocycles.